The topological polar surface area (TPSA) is 50.8 Å². The van der Waals surface area contributed by atoms with Crippen LogP contribution in [0.5, 0.6) is 5.75 Å². The van der Waals surface area contributed by atoms with E-state index in [0.29, 0.717) is 0 Å². The Morgan fingerprint density at radius 1 is 1.44 bits per heavy atom. The van der Waals surface area contributed by atoms with E-state index >= 15 is 0 Å². The van der Waals surface area contributed by atoms with Gasteiger partial charge in [0.05, 0.1) is 13.2 Å². The smallest absolute Gasteiger partial charge is 0.130 e. The predicted octanol–water partition coefficient (Wildman–Crippen LogP) is 2.39. The highest BCUT2D eigenvalue weighted by molar-refractivity contribution is 5.41. The maximum Gasteiger partial charge on any atom is 0.130 e. The summed E-state index contributed by atoms with van der Waals surface area (Å²) in [4.78, 5) is 4.24. The third-order valence-electron chi connectivity index (χ3n) is 3.00. The van der Waals surface area contributed by atoms with Crippen molar-refractivity contribution in [3.63, 3.8) is 0 Å². The quantitative estimate of drug-likeness (QED) is 0.829. The summed E-state index contributed by atoms with van der Waals surface area (Å²) in [6, 6.07) is 8.07. The third-order valence-corrected chi connectivity index (χ3v) is 3.00. The zero-order valence-electron chi connectivity index (χ0n) is 10.7. The second kappa shape index (κ2) is 4.92. The van der Waals surface area contributed by atoms with Gasteiger partial charge in [0.2, 0.25) is 0 Å². The minimum absolute atomic E-state index is 0.352. The molecule has 18 heavy (non-hydrogen) atoms. The van der Waals surface area contributed by atoms with Crippen LogP contribution in [0, 0.1) is 18.3 Å². The van der Waals surface area contributed by atoms with Crippen LogP contribution in [0.15, 0.2) is 30.6 Å². The average molecular weight is 241 g/mol. The van der Waals surface area contributed by atoms with Gasteiger partial charge in [0.15, 0.2) is 0 Å². The van der Waals surface area contributed by atoms with Gasteiger partial charge in [-0.1, -0.05) is 12.1 Å². The first-order valence-corrected chi connectivity index (χ1v) is 5.68. The highest BCUT2D eigenvalue weighted by Crippen LogP contribution is 2.27. The van der Waals surface area contributed by atoms with Crippen LogP contribution in [0.25, 0.3) is 0 Å². The maximum atomic E-state index is 9.36. The number of rotatable bonds is 3. The van der Waals surface area contributed by atoms with E-state index in [1.165, 1.54) is 0 Å². The van der Waals surface area contributed by atoms with Crippen molar-refractivity contribution in [1.82, 2.24) is 9.55 Å². The predicted molar refractivity (Wildman–Crippen MR) is 68.4 cm³/mol. The number of ether oxygens (including phenoxy) is 1. The van der Waals surface area contributed by atoms with Gasteiger partial charge in [-0.25, -0.2) is 4.98 Å². The first-order valence-electron chi connectivity index (χ1n) is 5.68. The van der Waals surface area contributed by atoms with Crippen LogP contribution < -0.4 is 4.74 Å². The zero-order chi connectivity index (χ0) is 13.1. The lowest BCUT2D eigenvalue weighted by Gasteiger charge is -2.12. The van der Waals surface area contributed by atoms with E-state index in [-0.39, 0.29) is 5.92 Å². The Bertz CT molecular complexity index is 595. The van der Waals surface area contributed by atoms with Crippen molar-refractivity contribution in [2.24, 2.45) is 7.05 Å². The fraction of sp³-hybridized carbons (Fsp3) is 0.286. The van der Waals surface area contributed by atoms with Gasteiger partial charge in [-0.2, -0.15) is 5.26 Å². The Labute approximate surface area is 106 Å². The van der Waals surface area contributed by atoms with E-state index in [4.69, 9.17) is 4.74 Å². The lowest BCUT2D eigenvalue weighted by atomic mass is 9.97. The van der Waals surface area contributed by atoms with Crippen molar-refractivity contribution >= 4 is 0 Å². The number of benzene rings is 1. The van der Waals surface area contributed by atoms with Gasteiger partial charge in [-0.3, -0.25) is 0 Å². The van der Waals surface area contributed by atoms with Crippen LogP contribution in [0.1, 0.15) is 22.9 Å². The first kappa shape index (κ1) is 12.2. The third kappa shape index (κ3) is 2.07. The number of imidazole rings is 1. The number of nitrogens with zero attached hydrogens (tertiary/aromatic N) is 3. The Kier molecular flexibility index (Phi) is 3.33. The van der Waals surface area contributed by atoms with Crippen molar-refractivity contribution in [3.05, 3.63) is 47.5 Å². The van der Waals surface area contributed by atoms with E-state index < -0.39 is 0 Å². The van der Waals surface area contributed by atoms with Gasteiger partial charge < -0.3 is 9.30 Å². The molecule has 1 aromatic carbocycles. The van der Waals surface area contributed by atoms with Crippen LogP contribution in [-0.2, 0) is 7.05 Å². The summed E-state index contributed by atoms with van der Waals surface area (Å²) in [5.74, 6) is 1.23. The van der Waals surface area contributed by atoms with Gasteiger partial charge in [0.25, 0.3) is 0 Å². The first-order chi connectivity index (χ1) is 8.67. The Morgan fingerprint density at radius 3 is 2.72 bits per heavy atom. The largest absolute Gasteiger partial charge is 0.496 e. The molecule has 4 nitrogen and oxygen atoms in total. The molecular weight excluding hydrogens is 226 g/mol. The van der Waals surface area contributed by atoms with Crippen LogP contribution in [0.3, 0.4) is 0 Å². The standard InChI is InChI=1S/C14H15N3O/c1-10-8-11(4-5-13(10)18-3)12(9-15)14-16-6-7-17(14)2/h4-8,12H,1-3H3. The zero-order valence-corrected chi connectivity index (χ0v) is 10.7. The molecule has 1 unspecified atom stereocenters. The monoisotopic (exact) mass is 241 g/mol. The SMILES string of the molecule is COc1ccc(C(C#N)c2nccn2C)cc1C. The second-order valence-corrected chi connectivity index (χ2v) is 4.19. The van der Waals surface area contributed by atoms with Crippen molar-refractivity contribution in [3.8, 4) is 11.8 Å². The number of hydrogen-bond acceptors (Lipinski definition) is 3. The van der Waals surface area contributed by atoms with Crippen LogP contribution in [0.4, 0.5) is 0 Å². The molecule has 2 rings (SSSR count). The molecule has 1 heterocycles. The fourth-order valence-electron chi connectivity index (χ4n) is 2.02. The van der Waals surface area contributed by atoms with Crippen LogP contribution in [-0.4, -0.2) is 16.7 Å². The molecule has 0 aliphatic heterocycles. The number of aromatic nitrogens is 2. The van der Waals surface area contributed by atoms with Gasteiger partial charge in [-0.15, -0.1) is 0 Å². The fourth-order valence-corrected chi connectivity index (χ4v) is 2.02. The molecule has 4 heteroatoms. The maximum absolute atomic E-state index is 9.36. The molecule has 0 bridgehead atoms. The minimum Gasteiger partial charge on any atom is -0.496 e. The molecule has 0 fully saturated rings. The molecule has 92 valence electrons. The van der Waals surface area contributed by atoms with Gasteiger partial charge in [-0.05, 0) is 24.1 Å². The molecule has 0 radical (unpaired) electrons. The van der Waals surface area contributed by atoms with Crippen molar-refractivity contribution in [2.45, 2.75) is 12.8 Å². The molecule has 1 atom stereocenters. The summed E-state index contributed by atoms with van der Waals surface area (Å²) < 4.78 is 7.09. The highest BCUT2D eigenvalue weighted by atomic mass is 16.5. The molecule has 1 aromatic heterocycles. The van der Waals surface area contributed by atoms with Gasteiger partial charge in [0, 0.05) is 19.4 Å². The lowest BCUT2D eigenvalue weighted by Crippen LogP contribution is -2.06. The van der Waals surface area contributed by atoms with E-state index in [0.717, 1.165) is 22.7 Å². The van der Waals surface area contributed by atoms with Crippen molar-refractivity contribution in [1.29, 1.82) is 5.26 Å². The molecule has 0 saturated carbocycles. The summed E-state index contributed by atoms with van der Waals surface area (Å²) in [5.41, 5.74) is 1.95. The molecule has 0 amide bonds. The van der Waals surface area contributed by atoms with E-state index in [1.807, 2.05) is 42.9 Å². The van der Waals surface area contributed by atoms with Crippen molar-refractivity contribution < 1.29 is 4.74 Å². The molecule has 2 aromatic rings. The lowest BCUT2D eigenvalue weighted by molar-refractivity contribution is 0.411. The van der Waals surface area contributed by atoms with E-state index in [1.54, 1.807) is 13.3 Å². The van der Waals surface area contributed by atoms with Crippen LogP contribution in [0.2, 0.25) is 0 Å². The number of nitriles is 1. The minimum atomic E-state index is -0.352. The van der Waals surface area contributed by atoms with E-state index in [9.17, 15) is 5.26 Å². The summed E-state index contributed by atoms with van der Waals surface area (Å²) in [5, 5.41) is 9.36. The Hall–Kier alpha value is -2.28. The molecule has 0 aliphatic rings. The summed E-state index contributed by atoms with van der Waals surface area (Å²) >= 11 is 0. The molecule has 0 N–H and O–H groups in total. The summed E-state index contributed by atoms with van der Waals surface area (Å²) in [6.45, 7) is 1.97. The number of aryl methyl sites for hydroxylation is 2. The highest BCUT2D eigenvalue weighted by Gasteiger charge is 2.18. The Balaban J connectivity index is 2.44. The van der Waals surface area contributed by atoms with Crippen LogP contribution >= 0.6 is 0 Å². The van der Waals surface area contributed by atoms with Gasteiger partial charge in [0.1, 0.15) is 17.5 Å². The molecular formula is C14H15N3O. The normalized spacial score (nSPS) is 11.9. The van der Waals surface area contributed by atoms with Crippen molar-refractivity contribution in [2.75, 3.05) is 7.11 Å². The molecule has 0 saturated heterocycles. The number of methoxy groups -OCH3 is 1. The summed E-state index contributed by atoms with van der Waals surface area (Å²) in [6.07, 6.45) is 3.55. The molecule has 0 spiro atoms. The average Bonchev–Trinajstić information content (AvgIpc) is 2.77. The molecule has 0 aliphatic carbocycles. The summed E-state index contributed by atoms with van der Waals surface area (Å²) in [7, 11) is 3.53. The number of hydrogen-bond donors (Lipinski definition) is 0. The second-order valence-electron chi connectivity index (χ2n) is 4.19. The van der Waals surface area contributed by atoms with Gasteiger partial charge >= 0.3 is 0 Å². The Morgan fingerprint density at radius 2 is 2.22 bits per heavy atom. The van der Waals surface area contributed by atoms with E-state index in [2.05, 4.69) is 11.1 Å².